The summed E-state index contributed by atoms with van der Waals surface area (Å²) in [6, 6.07) is 0. The highest BCUT2D eigenvalue weighted by atomic mass is 79.9. The second-order valence-electron chi connectivity index (χ2n) is 4.54. The van der Waals surface area contributed by atoms with Crippen molar-refractivity contribution in [1.29, 1.82) is 0 Å². The predicted octanol–water partition coefficient (Wildman–Crippen LogP) is 4.08. The number of ether oxygens (including phenoxy) is 2. The first-order valence-corrected chi connectivity index (χ1v) is 8.68. The van der Waals surface area contributed by atoms with Crippen LogP contribution in [-0.4, -0.2) is 30.6 Å². The van der Waals surface area contributed by atoms with Crippen molar-refractivity contribution < 1.29 is 14.3 Å². The van der Waals surface area contributed by atoms with Crippen molar-refractivity contribution in [3.8, 4) is 11.8 Å². The van der Waals surface area contributed by atoms with Crippen LogP contribution in [0.3, 0.4) is 0 Å². The highest BCUT2D eigenvalue weighted by molar-refractivity contribution is 9.09. The minimum atomic E-state index is -0.448. The minimum Gasteiger partial charge on any atom is -0.464 e. The molecule has 0 N–H and O–H groups in total. The standard InChI is InChI=1S/C16H27BrO3/c1-3-5-6-7-8-10-13-19-15(4-2)16(18)20-14-11-9-12-17/h15H,3-6,9-14H2,1-2H3. The van der Waals surface area contributed by atoms with E-state index in [9.17, 15) is 4.79 Å². The Morgan fingerprint density at radius 3 is 2.50 bits per heavy atom. The Kier molecular flexibility index (Phi) is 14.5. The van der Waals surface area contributed by atoms with Gasteiger partial charge in [-0.15, -0.1) is 11.8 Å². The summed E-state index contributed by atoms with van der Waals surface area (Å²) in [5, 5.41) is 0.939. The molecule has 0 amide bonds. The van der Waals surface area contributed by atoms with Crippen LogP contribution in [0.4, 0.5) is 0 Å². The monoisotopic (exact) mass is 346 g/mol. The van der Waals surface area contributed by atoms with Crippen molar-refractivity contribution in [3.63, 3.8) is 0 Å². The van der Waals surface area contributed by atoms with Gasteiger partial charge in [0, 0.05) is 18.2 Å². The van der Waals surface area contributed by atoms with Crippen LogP contribution in [0.5, 0.6) is 0 Å². The van der Waals surface area contributed by atoms with Gasteiger partial charge in [0.1, 0.15) is 0 Å². The molecule has 116 valence electrons. The quantitative estimate of drug-likeness (QED) is 0.244. The van der Waals surface area contributed by atoms with Gasteiger partial charge in [0.05, 0.1) is 13.2 Å². The van der Waals surface area contributed by atoms with Gasteiger partial charge in [-0.25, -0.2) is 4.79 Å². The summed E-state index contributed by atoms with van der Waals surface area (Å²) in [5.41, 5.74) is 0. The van der Waals surface area contributed by atoms with E-state index in [-0.39, 0.29) is 5.97 Å². The molecule has 0 spiro atoms. The van der Waals surface area contributed by atoms with Gasteiger partial charge >= 0.3 is 5.97 Å². The lowest BCUT2D eigenvalue weighted by atomic mass is 10.2. The van der Waals surface area contributed by atoms with Gasteiger partial charge in [-0.2, -0.15) is 0 Å². The molecule has 0 heterocycles. The number of carbonyl (C=O) groups excluding carboxylic acids is 1. The molecule has 0 aliphatic carbocycles. The van der Waals surface area contributed by atoms with Crippen molar-refractivity contribution in [2.24, 2.45) is 0 Å². The van der Waals surface area contributed by atoms with E-state index in [0.717, 1.165) is 31.0 Å². The number of rotatable bonds is 11. The average Bonchev–Trinajstić information content (AvgIpc) is 2.46. The van der Waals surface area contributed by atoms with Gasteiger partial charge in [-0.1, -0.05) is 36.2 Å². The fraction of sp³-hybridized carbons (Fsp3) is 0.812. The van der Waals surface area contributed by atoms with Crippen LogP contribution in [0.1, 0.15) is 58.8 Å². The van der Waals surface area contributed by atoms with Gasteiger partial charge in [0.25, 0.3) is 0 Å². The zero-order valence-corrected chi connectivity index (χ0v) is 14.3. The van der Waals surface area contributed by atoms with Crippen LogP contribution in [0, 0.1) is 11.8 Å². The van der Waals surface area contributed by atoms with Crippen LogP contribution >= 0.6 is 15.9 Å². The zero-order valence-electron chi connectivity index (χ0n) is 12.8. The van der Waals surface area contributed by atoms with Crippen molar-refractivity contribution >= 4 is 21.9 Å². The maximum atomic E-state index is 11.7. The zero-order chi connectivity index (χ0) is 15.1. The van der Waals surface area contributed by atoms with E-state index >= 15 is 0 Å². The smallest absolute Gasteiger partial charge is 0.335 e. The molecule has 20 heavy (non-hydrogen) atoms. The molecule has 0 aromatic carbocycles. The van der Waals surface area contributed by atoms with Crippen LogP contribution in [-0.2, 0) is 14.3 Å². The summed E-state index contributed by atoms with van der Waals surface area (Å²) in [6.07, 6.45) is 6.03. The summed E-state index contributed by atoms with van der Waals surface area (Å²) in [4.78, 5) is 11.7. The lowest BCUT2D eigenvalue weighted by Gasteiger charge is -2.14. The molecule has 0 saturated heterocycles. The first-order valence-electron chi connectivity index (χ1n) is 7.56. The molecule has 0 bridgehead atoms. The van der Waals surface area contributed by atoms with Crippen LogP contribution in [0.25, 0.3) is 0 Å². The number of alkyl halides is 1. The Bertz CT molecular complexity index is 294. The molecule has 0 radical (unpaired) electrons. The Balaban J connectivity index is 3.73. The van der Waals surface area contributed by atoms with Crippen LogP contribution in [0.2, 0.25) is 0 Å². The number of hydrogen-bond donors (Lipinski definition) is 0. The first-order chi connectivity index (χ1) is 9.76. The lowest BCUT2D eigenvalue weighted by molar-refractivity contribution is -0.157. The molecule has 1 atom stereocenters. The highest BCUT2D eigenvalue weighted by Crippen LogP contribution is 2.03. The van der Waals surface area contributed by atoms with Crippen LogP contribution < -0.4 is 0 Å². The summed E-state index contributed by atoms with van der Waals surface area (Å²) < 4.78 is 10.7. The number of unbranched alkanes of at least 4 members (excludes halogenated alkanes) is 3. The van der Waals surface area contributed by atoms with E-state index in [1.165, 1.54) is 6.42 Å². The molecule has 4 heteroatoms. The number of esters is 1. The molecule has 1 unspecified atom stereocenters. The van der Waals surface area contributed by atoms with E-state index < -0.39 is 6.10 Å². The average molecular weight is 347 g/mol. The molecular weight excluding hydrogens is 320 g/mol. The summed E-state index contributed by atoms with van der Waals surface area (Å²) in [7, 11) is 0. The molecule has 0 aliphatic rings. The third-order valence-corrected chi connectivity index (χ3v) is 3.29. The van der Waals surface area contributed by atoms with Crippen molar-refractivity contribution in [3.05, 3.63) is 0 Å². The molecule has 0 aromatic rings. The summed E-state index contributed by atoms with van der Waals surface area (Å²) >= 11 is 3.35. The van der Waals surface area contributed by atoms with Crippen molar-refractivity contribution in [2.75, 3.05) is 18.5 Å². The maximum Gasteiger partial charge on any atom is 0.335 e. The predicted molar refractivity (Wildman–Crippen MR) is 85.9 cm³/mol. The second-order valence-corrected chi connectivity index (χ2v) is 5.33. The molecule has 0 fully saturated rings. The van der Waals surface area contributed by atoms with Crippen LogP contribution in [0.15, 0.2) is 0 Å². The van der Waals surface area contributed by atoms with Gasteiger partial charge in [-0.05, 0) is 25.7 Å². The number of hydrogen-bond acceptors (Lipinski definition) is 3. The third kappa shape index (κ3) is 11.3. The minimum absolute atomic E-state index is 0.249. The Labute approximate surface area is 131 Å². The molecule has 3 nitrogen and oxygen atoms in total. The van der Waals surface area contributed by atoms with E-state index in [1.54, 1.807) is 0 Å². The molecule has 0 aliphatic heterocycles. The van der Waals surface area contributed by atoms with E-state index in [1.807, 2.05) is 6.92 Å². The van der Waals surface area contributed by atoms with Gasteiger partial charge < -0.3 is 9.47 Å². The topological polar surface area (TPSA) is 35.5 Å². The second kappa shape index (κ2) is 14.9. The summed E-state index contributed by atoms with van der Waals surface area (Å²) in [6.45, 7) is 5.05. The molecule has 0 aromatic heterocycles. The Morgan fingerprint density at radius 1 is 1.10 bits per heavy atom. The van der Waals surface area contributed by atoms with E-state index in [4.69, 9.17) is 9.47 Å². The fourth-order valence-electron chi connectivity index (χ4n) is 1.51. The normalized spacial score (nSPS) is 11.6. The molecule has 0 rings (SSSR count). The molecular formula is C16H27BrO3. The van der Waals surface area contributed by atoms with Gasteiger partial charge in [-0.3, -0.25) is 0 Å². The SMILES string of the molecule is CCCCC#CCCOC(CC)C(=O)OCCCCBr. The Morgan fingerprint density at radius 2 is 1.85 bits per heavy atom. The number of carbonyl (C=O) groups is 1. The van der Waals surface area contributed by atoms with Gasteiger partial charge in [0.15, 0.2) is 6.10 Å². The lowest BCUT2D eigenvalue weighted by Crippen LogP contribution is -2.26. The summed E-state index contributed by atoms with van der Waals surface area (Å²) in [5.74, 6) is 5.92. The third-order valence-electron chi connectivity index (χ3n) is 2.73. The fourth-order valence-corrected chi connectivity index (χ4v) is 1.91. The molecule has 0 saturated carbocycles. The highest BCUT2D eigenvalue weighted by Gasteiger charge is 2.17. The first kappa shape index (κ1) is 19.5. The number of halogens is 1. The van der Waals surface area contributed by atoms with Crippen molar-refractivity contribution in [2.45, 2.75) is 64.9 Å². The maximum absolute atomic E-state index is 11.7. The van der Waals surface area contributed by atoms with Crippen molar-refractivity contribution in [1.82, 2.24) is 0 Å². The largest absolute Gasteiger partial charge is 0.464 e. The van der Waals surface area contributed by atoms with E-state index in [2.05, 4.69) is 34.7 Å². The van der Waals surface area contributed by atoms with E-state index in [0.29, 0.717) is 26.1 Å². The van der Waals surface area contributed by atoms with Gasteiger partial charge in [0.2, 0.25) is 0 Å². The Hall–Kier alpha value is -0.530.